The molecule has 1 amide bonds. The highest BCUT2D eigenvalue weighted by atomic mass is 35.5. The number of nitrogens with one attached hydrogen (secondary N) is 2. The Morgan fingerprint density at radius 1 is 1.31 bits per heavy atom. The Morgan fingerprint density at radius 3 is 2.81 bits per heavy atom. The van der Waals surface area contributed by atoms with Crippen molar-refractivity contribution < 1.29 is 4.79 Å². The average Bonchev–Trinajstić information content (AvgIpc) is 2.53. The van der Waals surface area contributed by atoms with Crippen LogP contribution in [-0.2, 0) is 0 Å². The summed E-state index contributed by atoms with van der Waals surface area (Å²) in [5.41, 5.74) is 1.83. The highest BCUT2D eigenvalue weighted by molar-refractivity contribution is 5.95. The van der Waals surface area contributed by atoms with Gasteiger partial charge in [0, 0.05) is 32.0 Å². The summed E-state index contributed by atoms with van der Waals surface area (Å²) in [6.07, 6.45) is 4.69. The Labute approximate surface area is 102 Å². The lowest BCUT2D eigenvalue weighted by Gasteiger charge is -2.19. The van der Waals surface area contributed by atoms with Crippen molar-refractivity contribution >= 4 is 18.3 Å². The Morgan fingerprint density at radius 2 is 2.12 bits per heavy atom. The minimum Gasteiger partial charge on any atom is -0.367 e. The van der Waals surface area contributed by atoms with E-state index >= 15 is 0 Å². The molecular weight excluding hydrogens is 226 g/mol. The predicted molar refractivity (Wildman–Crippen MR) is 66.2 cm³/mol. The second-order valence-electron chi connectivity index (χ2n) is 3.95. The van der Waals surface area contributed by atoms with Crippen LogP contribution in [0.5, 0.6) is 0 Å². The van der Waals surface area contributed by atoms with E-state index in [2.05, 4.69) is 10.3 Å². The third-order valence-electron chi connectivity index (χ3n) is 2.81. The molecule has 0 unspecified atom stereocenters. The van der Waals surface area contributed by atoms with Crippen LogP contribution in [0, 0.1) is 6.92 Å². The summed E-state index contributed by atoms with van der Waals surface area (Å²) in [7, 11) is 0. The van der Waals surface area contributed by atoms with Crippen LogP contribution in [0.1, 0.15) is 22.3 Å². The predicted octanol–water partition coefficient (Wildman–Crippen LogP) is 1.18. The number of halogens is 1. The van der Waals surface area contributed by atoms with Crippen molar-refractivity contribution in [3.8, 4) is 0 Å². The summed E-state index contributed by atoms with van der Waals surface area (Å²) in [6, 6.07) is 0. The fraction of sp³-hybridized carbons (Fsp3) is 0.545. The SMILES string of the molecule is Cc1c[nH]cc1C(=O)N1CCCNCC1.Cl. The Balaban J connectivity index is 0.00000128. The van der Waals surface area contributed by atoms with E-state index in [-0.39, 0.29) is 18.3 Å². The summed E-state index contributed by atoms with van der Waals surface area (Å²) < 4.78 is 0. The zero-order valence-corrected chi connectivity index (χ0v) is 10.3. The summed E-state index contributed by atoms with van der Waals surface area (Å²) >= 11 is 0. The van der Waals surface area contributed by atoms with Crippen LogP contribution in [-0.4, -0.2) is 42.0 Å². The van der Waals surface area contributed by atoms with Gasteiger partial charge < -0.3 is 15.2 Å². The summed E-state index contributed by atoms with van der Waals surface area (Å²) in [5.74, 6) is 0.150. The van der Waals surface area contributed by atoms with Crippen molar-refractivity contribution in [3.63, 3.8) is 0 Å². The maximum absolute atomic E-state index is 12.1. The van der Waals surface area contributed by atoms with Gasteiger partial charge in [0.15, 0.2) is 0 Å². The van der Waals surface area contributed by atoms with Gasteiger partial charge in [-0.25, -0.2) is 0 Å². The average molecular weight is 244 g/mol. The number of rotatable bonds is 1. The zero-order chi connectivity index (χ0) is 10.7. The molecule has 16 heavy (non-hydrogen) atoms. The fourth-order valence-electron chi connectivity index (χ4n) is 1.89. The van der Waals surface area contributed by atoms with Gasteiger partial charge in [0.1, 0.15) is 0 Å². The fourth-order valence-corrected chi connectivity index (χ4v) is 1.89. The quantitative estimate of drug-likeness (QED) is 0.778. The van der Waals surface area contributed by atoms with E-state index in [1.165, 1.54) is 0 Å². The number of hydrogen-bond acceptors (Lipinski definition) is 2. The smallest absolute Gasteiger partial charge is 0.255 e. The van der Waals surface area contributed by atoms with Crippen molar-refractivity contribution in [1.29, 1.82) is 0 Å². The van der Waals surface area contributed by atoms with Gasteiger partial charge in [-0.1, -0.05) is 0 Å². The third-order valence-corrected chi connectivity index (χ3v) is 2.81. The van der Waals surface area contributed by atoms with Gasteiger partial charge in [0.25, 0.3) is 5.91 Å². The minimum atomic E-state index is 0. The Kier molecular flexibility index (Phi) is 4.83. The summed E-state index contributed by atoms with van der Waals surface area (Å²) in [6.45, 7) is 5.53. The second kappa shape index (κ2) is 5.92. The van der Waals surface area contributed by atoms with E-state index in [4.69, 9.17) is 0 Å². The summed E-state index contributed by atoms with van der Waals surface area (Å²) in [4.78, 5) is 17.0. The zero-order valence-electron chi connectivity index (χ0n) is 9.45. The van der Waals surface area contributed by atoms with Crippen LogP contribution in [0.15, 0.2) is 12.4 Å². The highest BCUT2D eigenvalue weighted by Crippen LogP contribution is 2.10. The lowest BCUT2D eigenvalue weighted by Crippen LogP contribution is -2.34. The van der Waals surface area contributed by atoms with E-state index in [1.54, 1.807) is 6.20 Å². The molecule has 2 heterocycles. The van der Waals surface area contributed by atoms with Crippen molar-refractivity contribution in [2.24, 2.45) is 0 Å². The topological polar surface area (TPSA) is 48.1 Å². The maximum Gasteiger partial charge on any atom is 0.255 e. The van der Waals surface area contributed by atoms with Crippen molar-refractivity contribution in [1.82, 2.24) is 15.2 Å². The molecule has 5 heteroatoms. The molecule has 1 aromatic rings. The highest BCUT2D eigenvalue weighted by Gasteiger charge is 2.18. The molecule has 0 bridgehead atoms. The van der Waals surface area contributed by atoms with Crippen LogP contribution in [0.25, 0.3) is 0 Å². The lowest BCUT2D eigenvalue weighted by molar-refractivity contribution is 0.0766. The van der Waals surface area contributed by atoms with Crippen LogP contribution < -0.4 is 5.32 Å². The van der Waals surface area contributed by atoms with E-state index in [9.17, 15) is 4.79 Å². The minimum absolute atomic E-state index is 0. The molecule has 0 saturated carbocycles. The molecule has 0 aliphatic carbocycles. The molecule has 1 fully saturated rings. The molecule has 2 rings (SSSR count). The molecule has 2 N–H and O–H groups in total. The van der Waals surface area contributed by atoms with Crippen LogP contribution in [0.2, 0.25) is 0 Å². The van der Waals surface area contributed by atoms with Gasteiger partial charge in [-0.3, -0.25) is 4.79 Å². The first kappa shape index (κ1) is 13.1. The van der Waals surface area contributed by atoms with Crippen LogP contribution in [0.3, 0.4) is 0 Å². The van der Waals surface area contributed by atoms with Gasteiger partial charge >= 0.3 is 0 Å². The first-order valence-electron chi connectivity index (χ1n) is 5.42. The normalized spacial score (nSPS) is 16.4. The summed E-state index contributed by atoms with van der Waals surface area (Å²) in [5, 5.41) is 3.29. The van der Waals surface area contributed by atoms with E-state index in [0.717, 1.165) is 43.7 Å². The first-order chi connectivity index (χ1) is 7.29. The van der Waals surface area contributed by atoms with Crippen molar-refractivity contribution in [2.75, 3.05) is 26.2 Å². The molecule has 1 aromatic heterocycles. The van der Waals surface area contributed by atoms with Crippen LogP contribution >= 0.6 is 12.4 Å². The number of carbonyl (C=O) groups is 1. The van der Waals surface area contributed by atoms with Gasteiger partial charge in [-0.05, 0) is 25.5 Å². The van der Waals surface area contributed by atoms with Crippen molar-refractivity contribution in [2.45, 2.75) is 13.3 Å². The first-order valence-corrected chi connectivity index (χ1v) is 5.42. The second-order valence-corrected chi connectivity index (χ2v) is 3.95. The number of H-pyrrole nitrogens is 1. The molecule has 0 spiro atoms. The molecule has 1 aliphatic rings. The maximum atomic E-state index is 12.1. The monoisotopic (exact) mass is 243 g/mol. The Hall–Kier alpha value is -1.00. The van der Waals surface area contributed by atoms with Gasteiger partial charge in [0.05, 0.1) is 5.56 Å². The van der Waals surface area contributed by atoms with Crippen molar-refractivity contribution in [3.05, 3.63) is 23.5 Å². The van der Waals surface area contributed by atoms with Gasteiger partial charge in [0.2, 0.25) is 0 Å². The van der Waals surface area contributed by atoms with Gasteiger partial charge in [-0.15, -0.1) is 12.4 Å². The molecule has 1 saturated heterocycles. The van der Waals surface area contributed by atoms with E-state index < -0.39 is 0 Å². The molecule has 90 valence electrons. The number of aryl methyl sites for hydroxylation is 1. The molecule has 1 aliphatic heterocycles. The van der Waals surface area contributed by atoms with Gasteiger partial charge in [-0.2, -0.15) is 0 Å². The Bertz CT molecular complexity index is 343. The number of hydrogen-bond donors (Lipinski definition) is 2. The molecule has 0 radical (unpaired) electrons. The third kappa shape index (κ3) is 2.77. The number of amides is 1. The lowest BCUT2D eigenvalue weighted by atomic mass is 10.2. The largest absolute Gasteiger partial charge is 0.367 e. The standard InChI is InChI=1S/C11H17N3O.ClH/c1-9-7-13-8-10(9)11(15)14-5-2-3-12-4-6-14;/h7-8,12-13H,2-6H2,1H3;1H. The van der Waals surface area contributed by atoms with Crippen LogP contribution in [0.4, 0.5) is 0 Å². The molecule has 0 aromatic carbocycles. The van der Waals surface area contributed by atoms with E-state index in [0.29, 0.717) is 0 Å². The number of nitrogens with zero attached hydrogens (tertiary/aromatic N) is 1. The molecular formula is C11H18ClN3O. The van der Waals surface area contributed by atoms with E-state index in [1.807, 2.05) is 18.0 Å². The number of aromatic nitrogens is 1. The molecule has 4 nitrogen and oxygen atoms in total. The number of carbonyl (C=O) groups excluding carboxylic acids is 1. The molecule has 0 atom stereocenters. The number of aromatic amines is 1.